The molecule has 9 heteroatoms. The Balaban J connectivity index is 1.68. The molecule has 1 N–H and O–H groups in total. The highest BCUT2D eigenvalue weighted by atomic mass is 32.2. The van der Waals surface area contributed by atoms with Gasteiger partial charge in [-0.1, -0.05) is 0 Å². The van der Waals surface area contributed by atoms with Crippen LogP contribution in [0.4, 0.5) is 5.69 Å². The summed E-state index contributed by atoms with van der Waals surface area (Å²) in [5.41, 5.74) is 0.574. The minimum Gasteiger partial charge on any atom is -0.494 e. The van der Waals surface area contributed by atoms with Crippen molar-refractivity contribution in [2.75, 3.05) is 30.5 Å². The predicted molar refractivity (Wildman–Crippen MR) is 114 cm³/mol. The van der Waals surface area contributed by atoms with E-state index in [4.69, 9.17) is 9.15 Å². The van der Waals surface area contributed by atoms with Crippen LogP contribution in [-0.4, -0.2) is 44.9 Å². The van der Waals surface area contributed by atoms with E-state index < -0.39 is 10.2 Å². The second-order valence-corrected chi connectivity index (χ2v) is 8.95. The summed E-state index contributed by atoms with van der Waals surface area (Å²) in [6.45, 7) is 5.40. The van der Waals surface area contributed by atoms with Gasteiger partial charge in [-0.15, -0.1) is 0 Å². The van der Waals surface area contributed by atoms with Crippen LogP contribution in [0, 0.1) is 5.92 Å². The average Bonchev–Trinajstić information content (AvgIpc) is 3.27. The van der Waals surface area contributed by atoms with Gasteiger partial charge < -0.3 is 14.5 Å². The molecule has 1 aromatic heterocycles. The van der Waals surface area contributed by atoms with Crippen LogP contribution >= 0.6 is 0 Å². The number of carbonyl (C=O) groups is 1. The Bertz CT molecular complexity index is 913. The number of nitrogens with zero attached hydrogens (tertiary/aromatic N) is 2. The Morgan fingerprint density at radius 2 is 2.03 bits per heavy atom. The number of piperidine rings is 1. The Morgan fingerprint density at radius 3 is 2.67 bits per heavy atom. The minimum atomic E-state index is -3.75. The van der Waals surface area contributed by atoms with Gasteiger partial charge in [0.1, 0.15) is 11.5 Å². The van der Waals surface area contributed by atoms with Crippen molar-refractivity contribution < 1.29 is 22.4 Å². The lowest BCUT2D eigenvalue weighted by atomic mass is 9.99. The van der Waals surface area contributed by atoms with E-state index in [1.807, 2.05) is 6.92 Å². The van der Waals surface area contributed by atoms with E-state index in [9.17, 15) is 13.2 Å². The van der Waals surface area contributed by atoms with E-state index in [1.165, 1.54) is 8.61 Å². The zero-order valence-corrected chi connectivity index (χ0v) is 18.2. The third-order valence-corrected chi connectivity index (χ3v) is 7.11. The van der Waals surface area contributed by atoms with Gasteiger partial charge in [-0.2, -0.15) is 12.7 Å². The smallest absolute Gasteiger partial charge is 0.304 e. The molecule has 0 bridgehead atoms. The molecule has 164 valence electrons. The van der Waals surface area contributed by atoms with Crippen LogP contribution in [0.5, 0.6) is 5.75 Å². The van der Waals surface area contributed by atoms with Gasteiger partial charge in [-0.25, -0.2) is 0 Å². The molecule has 30 heavy (non-hydrogen) atoms. The van der Waals surface area contributed by atoms with E-state index in [1.54, 1.807) is 49.6 Å². The number of ether oxygens (including phenoxy) is 1. The maximum absolute atomic E-state index is 13.3. The van der Waals surface area contributed by atoms with Gasteiger partial charge >= 0.3 is 10.2 Å². The predicted octanol–water partition coefficient (Wildman–Crippen LogP) is 2.78. The maximum atomic E-state index is 13.3. The molecule has 1 aliphatic rings. The average molecular weight is 436 g/mol. The summed E-state index contributed by atoms with van der Waals surface area (Å²) in [5.74, 6) is 0.815. The lowest BCUT2D eigenvalue weighted by Crippen LogP contribution is -2.50. The molecular formula is C21H29N3O5S. The molecule has 1 aromatic carbocycles. The fourth-order valence-corrected chi connectivity index (χ4v) is 5.31. The van der Waals surface area contributed by atoms with E-state index in [0.717, 1.165) is 0 Å². The first-order valence-corrected chi connectivity index (χ1v) is 11.7. The fourth-order valence-electron chi connectivity index (χ4n) is 3.59. The largest absolute Gasteiger partial charge is 0.494 e. The summed E-state index contributed by atoms with van der Waals surface area (Å²) in [6, 6.07) is 10.5. The SMILES string of the molecule is CCOc1ccc(N(CC)S(=O)(=O)N2CCC[C@H](C(=O)NCc3ccco3)C2)cc1. The van der Waals surface area contributed by atoms with Crippen LogP contribution in [0.15, 0.2) is 47.1 Å². The third-order valence-electron chi connectivity index (χ3n) is 5.10. The summed E-state index contributed by atoms with van der Waals surface area (Å²) < 4.78 is 40.1. The highest BCUT2D eigenvalue weighted by Crippen LogP contribution is 2.27. The quantitative estimate of drug-likeness (QED) is 0.654. The number of furan rings is 1. The number of rotatable bonds is 9. The number of hydrogen-bond acceptors (Lipinski definition) is 5. The molecule has 1 amide bonds. The Hall–Kier alpha value is -2.52. The zero-order chi connectivity index (χ0) is 21.6. The van der Waals surface area contributed by atoms with Crippen molar-refractivity contribution in [2.24, 2.45) is 5.92 Å². The number of amides is 1. The van der Waals surface area contributed by atoms with Gasteiger partial charge in [0, 0.05) is 19.6 Å². The van der Waals surface area contributed by atoms with Crippen LogP contribution in [0.3, 0.4) is 0 Å². The summed E-state index contributed by atoms with van der Waals surface area (Å²) in [7, 11) is -3.75. The Labute approximate surface area is 178 Å². The van der Waals surface area contributed by atoms with Crippen molar-refractivity contribution in [3.63, 3.8) is 0 Å². The van der Waals surface area contributed by atoms with Gasteiger partial charge in [0.05, 0.1) is 31.0 Å². The molecule has 1 atom stereocenters. The van der Waals surface area contributed by atoms with Gasteiger partial charge in [-0.3, -0.25) is 9.10 Å². The molecule has 3 rings (SSSR count). The molecule has 8 nitrogen and oxygen atoms in total. The minimum absolute atomic E-state index is 0.157. The summed E-state index contributed by atoms with van der Waals surface area (Å²) in [5, 5.41) is 2.84. The molecule has 1 saturated heterocycles. The molecule has 2 heterocycles. The summed E-state index contributed by atoms with van der Waals surface area (Å²) >= 11 is 0. The molecule has 1 fully saturated rings. The topological polar surface area (TPSA) is 92.1 Å². The van der Waals surface area contributed by atoms with Crippen molar-refractivity contribution in [1.29, 1.82) is 0 Å². The second kappa shape index (κ2) is 9.99. The van der Waals surface area contributed by atoms with E-state index in [2.05, 4.69) is 5.32 Å². The molecule has 0 spiro atoms. The molecular weight excluding hydrogens is 406 g/mol. The Morgan fingerprint density at radius 1 is 1.27 bits per heavy atom. The van der Waals surface area contributed by atoms with Gasteiger partial charge in [0.25, 0.3) is 0 Å². The van der Waals surface area contributed by atoms with Crippen LogP contribution < -0.4 is 14.4 Å². The van der Waals surface area contributed by atoms with Gasteiger partial charge in [-0.05, 0) is 63.1 Å². The number of carbonyl (C=O) groups excluding carboxylic acids is 1. The fraction of sp³-hybridized carbons (Fsp3) is 0.476. The highest BCUT2D eigenvalue weighted by Gasteiger charge is 2.35. The van der Waals surface area contributed by atoms with Crippen LogP contribution in [-0.2, 0) is 21.5 Å². The van der Waals surface area contributed by atoms with Crippen LogP contribution in [0.1, 0.15) is 32.4 Å². The van der Waals surface area contributed by atoms with Gasteiger partial charge in [0.2, 0.25) is 5.91 Å². The highest BCUT2D eigenvalue weighted by molar-refractivity contribution is 7.90. The first-order chi connectivity index (χ1) is 14.5. The van der Waals surface area contributed by atoms with E-state index in [0.29, 0.717) is 56.3 Å². The van der Waals surface area contributed by atoms with Crippen LogP contribution in [0.2, 0.25) is 0 Å². The van der Waals surface area contributed by atoms with Crippen molar-refractivity contribution in [2.45, 2.75) is 33.2 Å². The normalized spacial score (nSPS) is 17.5. The second-order valence-electron chi connectivity index (χ2n) is 7.09. The van der Waals surface area contributed by atoms with Crippen molar-refractivity contribution in [1.82, 2.24) is 9.62 Å². The van der Waals surface area contributed by atoms with Gasteiger partial charge in [0.15, 0.2) is 0 Å². The monoisotopic (exact) mass is 435 g/mol. The summed E-state index contributed by atoms with van der Waals surface area (Å²) in [6.07, 6.45) is 2.85. The number of nitrogens with one attached hydrogen (secondary N) is 1. The van der Waals surface area contributed by atoms with Crippen molar-refractivity contribution in [3.8, 4) is 5.75 Å². The lowest BCUT2D eigenvalue weighted by Gasteiger charge is -2.35. The molecule has 1 aliphatic heterocycles. The number of hydrogen-bond donors (Lipinski definition) is 1. The molecule has 2 aromatic rings. The van der Waals surface area contributed by atoms with Crippen LogP contribution in [0.25, 0.3) is 0 Å². The molecule has 0 saturated carbocycles. The third kappa shape index (κ3) is 5.14. The lowest BCUT2D eigenvalue weighted by molar-refractivity contribution is -0.126. The van der Waals surface area contributed by atoms with Crippen molar-refractivity contribution >= 4 is 21.8 Å². The molecule has 0 aliphatic carbocycles. The van der Waals surface area contributed by atoms with Crippen molar-refractivity contribution in [3.05, 3.63) is 48.4 Å². The van der Waals surface area contributed by atoms with E-state index >= 15 is 0 Å². The Kier molecular flexibility index (Phi) is 7.38. The van der Waals surface area contributed by atoms with E-state index in [-0.39, 0.29) is 18.4 Å². The first kappa shape index (κ1) is 22.2. The molecule has 0 unspecified atom stereocenters. The standard InChI is InChI=1S/C21H29N3O5S/c1-3-24(18-9-11-19(12-10-18)28-4-2)30(26,27)23-13-5-7-17(16-23)21(25)22-15-20-8-6-14-29-20/h6,8-12,14,17H,3-5,7,13,15-16H2,1-2H3,(H,22,25)/t17-/m0/s1. The number of anilines is 1. The summed E-state index contributed by atoms with van der Waals surface area (Å²) in [4.78, 5) is 12.6. The first-order valence-electron chi connectivity index (χ1n) is 10.3. The zero-order valence-electron chi connectivity index (χ0n) is 17.4. The maximum Gasteiger partial charge on any atom is 0.304 e. The molecule has 0 radical (unpaired) electrons. The number of benzene rings is 1.